The fourth-order valence-corrected chi connectivity index (χ4v) is 1.82. The summed E-state index contributed by atoms with van der Waals surface area (Å²) in [5.41, 5.74) is 0.235. The van der Waals surface area contributed by atoms with Gasteiger partial charge in [0.1, 0.15) is 5.75 Å². The Hall–Kier alpha value is -3.03. The van der Waals surface area contributed by atoms with E-state index >= 15 is 0 Å². The third-order valence-electron chi connectivity index (χ3n) is 2.97. The number of carbonyl (C=O) groups is 1. The summed E-state index contributed by atoms with van der Waals surface area (Å²) in [6.45, 7) is 1.91. The Morgan fingerprint density at radius 3 is 2.52 bits per heavy atom. The maximum Gasteiger partial charge on any atom is 0.265 e. The molecule has 2 rings (SSSR count). The monoisotopic (exact) mass is 352 g/mol. The van der Waals surface area contributed by atoms with Gasteiger partial charge in [0, 0.05) is 0 Å². The van der Waals surface area contributed by atoms with E-state index in [1.807, 2.05) is 6.92 Å². The first-order chi connectivity index (χ1) is 12.0. The molecule has 0 aliphatic carbocycles. The number of oxime groups is 1. The van der Waals surface area contributed by atoms with Crippen molar-refractivity contribution < 1.29 is 27.5 Å². The lowest BCUT2D eigenvalue weighted by molar-refractivity contribution is -0.120. The predicted molar refractivity (Wildman–Crippen MR) is 86.1 cm³/mol. The molecular formula is C17H15F3N2O3. The topological polar surface area (TPSA) is 59.9 Å². The van der Waals surface area contributed by atoms with E-state index in [9.17, 15) is 18.0 Å². The van der Waals surface area contributed by atoms with Crippen LogP contribution >= 0.6 is 0 Å². The highest BCUT2D eigenvalue weighted by Gasteiger charge is 2.15. The van der Waals surface area contributed by atoms with E-state index in [2.05, 4.69) is 10.5 Å². The third-order valence-corrected chi connectivity index (χ3v) is 2.97. The van der Waals surface area contributed by atoms with Crippen LogP contribution in [0.15, 0.2) is 41.6 Å². The highest BCUT2D eigenvalue weighted by atomic mass is 19.2. The van der Waals surface area contributed by atoms with E-state index in [1.165, 1.54) is 6.21 Å². The van der Waals surface area contributed by atoms with Crippen LogP contribution in [0.2, 0.25) is 0 Å². The van der Waals surface area contributed by atoms with E-state index in [4.69, 9.17) is 9.57 Å². The number of benzene rings is 2. The molecule has 8 heteroatoms. The molecule has 0 saturated heterocycles. The first kappa shape index (κ1) is 18.3. The lowest BCUT2D eigenvalue weighted by Gasteiger charge is -2.06. The number of hydrogen-bond donors (Lipinski definition) is 1. The Morgan fingerprint density at radius 1 is 1.12 bits per heavy atom. The van der Waals surface area contributed by atoms with Crippen molar-refractivity contribution >= 4 is 17.8 Å². The molecule has 0 bridgehead atoms. The maximum atomic E-state index is 13.4. The van der Waals surface area contributed by atoms with Gasteiger partial charge in [-0.25, -0.2) is 13.2 Å². The minimum absolute atomic E-state index is 0.483. The summed E-state index contributed by atoms with van der Waals surface area (Å²) in [5.74, 6) is -4.53. The first-order valence-electron chi connectivity index (χ1n) is 7.32. The molecule has 0 radical (unpaired) electrons. The van der Waals surface area contributed by atoms with E-state index in [-0.39, 0.29) is 0 Å². The first-order valence-corrected chi connectivity index (χ1v) is 7.32. The highest BCUT2D eigenvalue weighted by molar-refractivity contribution is 5.91. The Morgan fingerprint density at radius 2 is 1.84 bits per heavy atom. The Balaban J connectivity index is 1.83. The summed E-state index contributed by atoms with van der Waals surface area (Å²) in [6.07, 6.45) is 1.38. The molecule has 0 unspecified atom stereocenters. The SMILES string of the molecule is CCOc1ccc(/C=N\OCC(=O)Nc2ccc(F)c(F)c2F)cc1. The zero-order chi connectivity index (χ0) is 18.2. The number of nitrogens with one attached hydrogen (secondary N) is 1. The fourth-order valence-electron chi connectivity index (χ4n) is 1.82. The van der Waals surface area contributed by atoms with Crippen LogP contribution in [0.3, 0.4) is 0 Å². The molecule has 2 aromatic rings. The van der Waals surface area contributed by atoms with Crippen molar-refractivity contribution in [3.63, 3.8) is 0 Å². The van der Waals surface area contributed by atoms with E-state index in [1.54, 1.807) is 24.3 Å². The van der Waals surface area contributed by atoms with Crippen LogP contribution in [0, 0.1) is 17.5 Å². The van der Waals surface area contributed by atoms with Crippen molar-refractivity contribution in [1.82, 2.24) is 0 Å². The molecule has 0 aliphatic rings. The average molecular weight is 352 g/mol. The van der Waals surface area contributed by atoms with Gasteiger partial charge in [0.2, 0.25) is 0 Å². The van der Waals surface area contributed by atoms with Gasteiger partial charge in [-0.15, -0.1) is 0 Å². The van der Waals surface area contributed by atoms with Crippen LogP contribution in [0.1, 0.15) is 12.5 Å². The molecule has 0 heterocycles. The van der Waals surface area contributed by atoms with Crippen LogP contribution in [-0.4, -0.2) is 25.3 Å². The Labute approximate surface area is 142 Å². The number of hydrogen-bond acceptors (Lipinski definition) is 4. The fraction of sp³-hybridized carbons (Fsp3) is 0.176. The summed E-state index contributed by atoms with van der Waals surface area (Å²) in [6, 6.07) is 8.61. The van der Waals surface area contributed by atoms with E-state index in [0.29, 0.717) is 18.4 Å². The number of halogens is 3. The molecule has 0 aliphatic heterocycles. The highest BCUT2D eigenvalue weighted by Crippen LogP contribution is 2.19. The molecule has 0 saturated carbocycles. The number of nitrogens with zero attached hydrogens (tertiary/aromatic N) is 1. The standard InChI is InChI=1S/C17H15F3N2O3/c1-2-24-12-5-3-11(4-6-12)9-21-25-10-15(23)22-14-8-7-13(18)16(19)17(14)20/h3-9H,2,10H2,1H3,(H,22,23)/b21-9-. The maximum absolute atomic E-state index is 13.4. The van der Waals surface area contributed by atoms with Gasteiger partial charge in [0.05, 0.1) is 18.5 Å². The molecule has 5 nitrogen and oxygen atoms in total. The van der Waals surface area contributed by atoms with Crippen LogP contribution < -0.4 is 10.1 Å². The zero-order valence-corrected chi connectivity index (χ0v) is 13.3. The summed E-state index contributed by atoms with van der Waals surface area (Å²) < 4.78 is 44.5. The Bertz CT molecular complexity index is 764. The normalized spacial score (nSPS) is 10.7. The second-order valence-electron chi connectivity index (χ2n) is 4.78. The summed E-state index contributed by atoms with van der Waals surface area (Å²) in [7, 11) is 0. The molecule has 1 amide bonds. The van der Waals surface area contributed by atoms with Gasteiger partial charge in [-0.2, -0.15) is 0 Å². The van der Waals surface area contributed by atoms with Gasteiger partial charge >= 0.3 is 0 Å². The summed E-state index contributed by atoms with van der Waals surface area (Å²) in [4.78, 5) is 16.4. The van der Waals surface area contributed by atoms with E-state index in [0.717, 1.165) is 11.6 Å². The predicted octanol–water partition coefficient (Wildman–Crippen LogP) is 3.49. The summed E-state index contributed by atoms with van der Waals surface area (Å²) >= 11 is 0. The third kappa shape index (κ3) is 5.23. The number of amides is 1. The lowest BCUT2D eigenvalue weighted by atomic mass is 10.2. The van der Waals surface area contributed by atoms with Crippen LogP contribution in [0.25, 0.3) is 0 Å². The molecule has 0 fully saturated rings. The van der Waals surface area contributed by atoms with Crippen molar-refractivity contribution in [2.24, 2.45) is 5.16 Å². The number of anilines is 1. The molecule has 0 atom stereocenters. The van der Waals surface area contributed by atoms with Gasteiger partial charge < -0.3 is 14.9 Å². The molecule has 1 N–H and O–H groups in total. The second-order valence-corrected chi connectivity index (χ2v) is 4.78. The second kappa shape index (κ2) is 8.72. The molecule has 0 spiro atoms. The molecular weight excluding hydrogens is 337 g/mol. The van der Waals surface area contributed by atoms with Gasteiger partial charge in [0.15, 0.2) is 24.1 Å². The van der Waals surface area contributed by atoms with Crippen molar-refractivity contribution in [2.75, 3.05) is 18.5 Å². The number of ether oxygens (including phenoxy) is 1. The van der Waals surface area contributed by atoms with Crippen LogP contribution in [-0.2, 0) is 9.63 Å². The lowest BCUT2D eigenvalue weighted by Crippen LogP contribution is -2.18. The largest absolute Gasteiger partial charge is 0.494 e. The van der Waals surface area contributed by atoms with Gasteiger partial charge in [-0.1, -0.05) is 5.16 Å². The summed E-state index contributed by atoms with van der Waals surface area (Å²) in [5, 5.41) is 5.66. The minimum atomic E-state index is -1.66. The van der Waals surface area contributed by atoms with E-state index < -0.39 is 35.7 Å². The van der Waals surface area contributed by atoms with Crippen molar-refractivity contribution in [1.29, 1.82) is 0 Å². The zero-order valence-electron chi connectivity index (χ0n) is 13.3. The van der Waals surface area contributed by atoms with Crippen molar-refractivity contribution in [3.8, 4) is 5.75 Å². The minimum Gasteiger partial charge on any atom is -0.494 e. The molecule has 132 valence electrons. The quantitative estimate of drug-likeness (QED) is 0.471. The molecule has 2 aromatic carbocycles. The van der Waals surface area contributed by atoms with Gasteiger partial charge in [-0.05, 0) is 48.9 Å². The molecule has 25 heavy (non-hydrogen) atoms. The van der Waals surface area contributed by atoms with Gasteiger partial charge in [-0.3, -0.25) is 4.79 Å². The average Bonchev–Trinajstić information content (AvgIpc) is 2.61. The van der Waals surface area contributed by atoms with Gasteiger partial charge in [0.25, 0.3) is 5.91 Å². The van der Waals surface area contributed by atoms with Crippen LogP contribution in [0.5, 0.6) is 5.75 Å². The number of rotatable bonds is 7. The smallest absolute Gasteiger partial charge is 0.265 e. The van der Waals surface area contributed by atoms with Crippen molar-refractivity contribution in [2.45, 2.75) is 6.92 Å². The molecule has 0 aromatic heterocycles. The number of carbonyl (C=O) groups excluding carboxylic acids is 1. The Kier molecular flexibility index (Phi) is 6.39. The van der Waals surface area contributed by atoms with Crippen LogP contribution in [0.4, 0.5) is 18.9 Å². The van der Waals surface area contributed by atoms with Crippen molar-refractivity contribution in [3.05, 3.63) is 59.4 Å².